The van der Waals surface area contributed by atoms with Crippen molar-refractivity contribution in [1.29, 1.82) is 0 Å². The van der Waals surface area contributed by atoms with E-state index in [1.54, 1.807) is 36.4 Å². The van der Waals surface area contributed by atoms with Crippen molar-refractivity contribution in [3.63, 3.8) is 0 Å². The third kappa shape index (κ3) is 5.44. The first kappa shape index (κ1) is 22.4. The normalized spacial score (nSPS) is 12.1. The third-order valence-corrected chi connectivity index (χ3v) is 6.44. The van der Waals surface area contributed by atoms with Crippen LogP contribution < -0.4 is 14.8 Å². The average molecular weight is 439 g/mol. The van der Waals surface area contributed by atoms with Crippen LogP contribution in [0.25, 0.3) is 0 Å². The monoisotopic (exact) mass is 438 g/mol. The second-order valence-electron chi connectivity index (χ2n) is 7.15. The number of methoxy groups -OCH3 is 1. The number of carbonyl (C=O) groups is 1. The van der Waals surface area contributed by atoms with Crippen molar-refractivity contribution in [3.8, 4) is 5.75 Å². The third-order valence-electron chi connectivity index (χ3n) is 5.05. The molecule has 3 aromatic carbocycles. The van der Waals surface area contributed by atoms with Crippen LogP contribution in [0.15, 0.2) is 77.7 Å². The highest BCUT2D eigenvalue weighted by atomic mass is 32.2. The second-order valence-corrected chi connectivity index (χ2v) is 8.83. The van der Waals surface area contributed by atoms with E-state index in [0.29, 0.717) is 17.0 Å². The fourth-order valence-electron chi connectivity index (χ4n) is 3.28. The summed E-state index contributed by atoms with van der Waals surface area (Å²) in [7, 11) is -2.22. The van der Waals surface area contributed by atoms with E-state index in [0.717, 1.165) is 17.5 Å². The van der Waals surface area contributed by atoms with Crippen molar-refractivity contribution in [2.75, 3.05) is 11.8 Å². The molecule has 0 fully saturated rings. The van der Waals surface area contributed by atoms with E-state index in [4.69, 9.17) is 4.74 Å². The summed E-state index contributed by atoms with van der Waals surface area (Å²) in [5.41, 5.74) is 3.04. The molecule has 0 saturated carbocycles. The van der Waals surface area contributed by atoms with E-state index < -0.39 is 10.0 Å². The molecule has 6 nitrogen and oxygen atoms in total. The second kappa shape index (κ2) is 9.66. The molecule has 7 heteroatoms. The van der Waals surface area contributed by atoms with Gasteiger partial charge in [-0.3, -0.25) is 9.52 Å². The predicted molar refractivity (Wildman–Crippen MR) is 122 cm³/mol. The Bertz CT molecular complexity index is 1140. The molecule has 0 saturated heterocycles. The van der Waals surface area contributed by atoms with Crippen molar-refractivity contribution >= 4 is 21.6 Å². The average Bonchev–Trinajstić information content (AvgIpc) is 2.78. The molecule has 0 aliphatic carbocycles. The van der Waals surface area contributed by atoms with Crippen LogP contribution in [-0.4, -0.2) is 21.4 Å². The predicted octanol–water partition coefficient (Wildman–Crippen LogP) is 4.69. The summed E-state index contributed by atoms with van der Waals surface area (Å²) >= 11 is 0. The van der Waals surface area contributed by atoms with Crippen molar-refractivity contribution in [1.82, 2.24) is 5.32 Å². The number of anilines is 1. The molecule has 2 N–H and O–H groups in total. The standard InChI is InChI=1S/C24H26N2O4S/c1-4-23(22-8-6-5-7-17(22)2)25-24(27)18-9-11-19(12-10-18)26-31(28,29)21-15-13-20(30-3)14-16-21/h5-16,23,26H,4H2,1-3H3,(H,25,27). The zero-order valence-corrected chi connectivity index (χ0v) is 18.6. The smallest absolute Gasteiger partial charge is 0.261 e. The van der Waals surface area contributed by atoms with E-state index >= 15 is 0 Å². The number of ether oxygens (including phenoxy) is 1. The fraction of sp³-hybridized carbons (Fsp3) is 0.208. The molecule has 31 heavy (non-hydrogen) atoms. The molecule has 0 aromatic heterocycles. The molecule has 1 unspecified atom stereocenters. The van der Waals surface area contributed by atoms with E-state index in [2.05, 4.69) is 10.0 Å². The van der Waals surface area contributed by atoms with Gasteiger partial charge in [0.2, 0.25) is 0 Å². The van der Waals surface area contributed by atoms with Crippen molar-refractivity contribution < 1.29 is 17.9 Å². The number of amides is 1. The van der Waals surface area contributed by atoms with Crippen LogP contribution in [0.3, 0.4) is 0 Å². The Kier molecular flexibility index (Phi) is 6.97. The maximum atomic E-state index is 12.7. The number of rotatable bonds is 8. The quantitative estimate of drug-likeness (QED) is 0.535. The van der Waals surface area contributed by atoms with E-state index in [1.807, 2.05) is 38.1 Å². The van der Waals surface area contributed by atoms with Crippen LogP contribution in [-0.2, 0) is 10.0 Å². The maximum absolute atomic E-state index is 12.7. The number of benzene rings is 3. The number of hydrogen-bond donors (Lipinski definition) is 2. The Hall–Kier alpha value is -3.32. The molecule has 162 valence electrons. The van der Waals surface area contributed by atoms with Gasteiger partial charge in [0.05, 0.1) is 18.0 Å². The van der Waals surface area contributed by atoms with Crippen molar-refractivity contribution in [3.05, 3.63) is 89.5 Å². The molecule has 3 aromatic rings. The maximum Gasteiger partial charge on any atom is 0.261 e. The van der Waals surface area contributed by atoms with Gasteiger partial charge in [0, 0.05) is 11.3 Å². The van der Waals surface area contributed by atoms with Gasteiger partial charge in [-0.05, 0) is 73.0 Å². The molecular weight excluding hydrogens is 412 g/mol. The zero-order valence-electron chi connectivity index (χ0n) is 17.8. The SMILES string of the molecule is CCC(NC(=O)c1ccc(NS(=O)(=O)c2ccc(OC)cc2)cc1)c1ccccc1C. The van der Waals surface area contributed by atoms with Gasteiger partial charge in [-0.1, -0.05) is 31.2 Å². The van der Waals surface area contributed by atoms with Crippen LogP contribution in [0.2, 0.25) is 0 Å². The molecule has 1 amide bonds. The lowest BCUT2D eigenvalue weighted by Crippen LogP contribution is -2.28. The highest BCUT2D eigenvalue weighted by Crippen LogP contribution is 2.22. The molecule has 0 spiro atoms. The van der Waals surface area contributed by atoms with Gasteiger partial charge in [0.25, 0.3) is 15.9 Å². The number of aryl methyl sites for hydroxylation is 1. The Morgan fingerprint density at radius 2 is 1.61 bits per heavy atom. The lowest BCUT2D eigenvalue weighted by molar-refractivity contribution is 0.0935. The summed E-state index contributed by atoms with van der Waals surface area (Å²) < 4.78 is 32.7. The lowest BCUT2D eigenvalue weighted by Gasteiger charge is -2.19. The Labute approximate surface area is 183 Å². The summed E-state index contributed by atoms with van der Waals surface area (Å²) in [5, 5.41) is 3.06. The molecule has 0 radical (unpaired) electrons. The molecular formula is C24H26N2O4S. The summed E-state index contributed by atoms with van der Waals surface area (Å²) in [6.45, 7) is 4.04. The van der Waals surface area contributed by atoms with E-state index in [9.17, 15) is 13.2 Å². The topological polar surface area (TPSA) is 84.5 Å². The number of carbonyl (C=O) groups excluding carboxylic acids is 1. The largest absolute Gasteiger partial charge is 0.497 e. The van der Waals surface area contributed by atoms with E-state index in [1.165, 1.54) is 19.2 Å². The van der Waals surface area contributed by atoms with Crippen molar-refractivity contribution in [2.45, 2.75) is 31.2 Å². The van der Waals surface area contributed by atoms with Gasteiger partial charge in [-0.2, -0.15) is 0 Å². The highest BCUT2D eigenvalue weighted by Gasteiger charge is 2.17. The first-order chi connectivity index (χ1) is 14.8. The van der Waals surface area contributed by atoms with E-state index in [-0.39, 0.29) is 16.8 Å². The molecule has 0 aliphatic rings. The minimum absolute atomic E-state index is 0.0954. The minimum Gasteiger partial charge on any atom is -0.497 e. The Morgan fingerprint density at radius 3 is 2.19 bits per heavy atom. The molecule has 0 bridgehead atoms. The van der Waals surface area contributed by atoms with Gasteiger partial charge < -0.3 is 10.1 Å². The van der Waals surface area contributed by atoms with Crippen LogP contribution in [0.5, 0.6) is 5.75 Å². The van der Waals surface area contributed by atoms with Crippen LogP contribution in [0.1, 0.15) is 40.9 Å². The van der Waals surface area contributed by atoms with Gasteiger partial charge >= 0.3 is 0 Å². The molecule has 0 heterocycles. The summed E-state index contributed by atoms with van der Waals surface area (Å²) in [6, 6.07) is 20.3. The first-order valence-corrected chi connectivity index (χ1v) is 11.5. The zero-order chi connectivity index (χ0) is 22.4. The summed E-state index contributed by atoms with van der Waals surface area (Å²) in [5.74, 6) is 0.366. The Morgan fingerprint density at radius 1 is 0.968 bits per heavy atom. The molecule has 3 rings (SSSR count). The van der Waals surface area contributed by atoms with Crippen LogP contribution in [0.4, 0.5) is 5.69 Å². The molecule has 1 atom stereocenters. The first-order valence-electron chi connectivity index (χ1n) is 9.97. The van der Waals surface area contributed by atoms with Crippen LogP contribution >= 0.6 is 0 Å². The fourth-order valence-corrected chi connectivity index (χ4v) is 4.34. The summed E-state index contributed by atoms with van der Waals surface area (Å²) in [6.07, 6.45) is 0.760. The van der Waals surface area contributed by atoms with Gasteiger partial charge in [0.15, 0.2) is 0 Å². The van der Waals surface area contributed by atoms with Gasteiger partial charge in [-0.25, -0.2) is 8.42 Å². The number of nitrogens with one attached hydrogen (secondary N) is 2. The van der Waals surface area contributed by atoms with Gasteiger partial charge in [-0.15, -0.1) is 0 Å². The summed E-state index contributed by atoms with van der Waals surface area (Å²) in [4.78, 5) is 12.8. The lowest BCUT2D eigenvalue weighted by atomic mass is 9.99. The van der Waals surface area contributed by atoms with Crippen molar-refractivity contribution in [2.24, 2.45) is 0 Å². The minimum atomic E-state index is -3.74. The van der Waals surface area contributed by atoms with Crippen LogP contribution in [0, 0.1) is 6.92 Å². The van der Waals surface area contributed by atoms with Gasteiger partial charge in [0.1, 0.15) is 5.75 Å². The number of sulfonamides is 1. The highest BCUT2D eigenvalue weighted by molar-refractivity contribution is 7.92. The Balaban J connectivity index is 1.70. The number of hydrogen-bond acceptors (Lipinski definition) is 4. The molecule has 0 aliphatic heterocycles.